The number of carbonyl (C=O) groups excluding carboxylic acids is 2. The summed E-state index contributed by atoms with van der Waals surface area (Å²) < 4.78 is 11.7. The lowest BCUT2D eigenvalue weighted by atomic mass is 10.2. The van der Waals surface area contributed by atoms with Crippen LogP contribution in [0.1, 0.15) is 6.92 Å². The van der Waals surface area contributed by atoms with Gasteiger partial charge in [-0.3, -0.25) is 14.9 Å². The first kappa shape index (κ1) is 17.5. The number of para-hydroxylation sites is 2. The molecule has 1 aromatic heterocycles. The monoisotopic (exact) mass is 380 g/mol. The van der Waals surface area contributed by atoms with Crippen LogP contribution in [0, 0.1) is 0 Å². The van der Waals surface area contributed by atoms with Gasteiger partial charge in [0.1, 0.15) is 6.61 Å². The number of ether oxygens (including phenoxy) is 2. The van der Waals surface area contributed by atoms with Crippen LogP contribution >= 0.6 is 23.1 Å². The van der Waals surface area contributed by atoms with Gasteiger partial charge >= 0.3 is 0 Å². The Balaban J connectivity index is 1.47. The summed E-state index contributed by atoms with van der Waals surface area (Å²) >= 11 is 2.58. The normalized spacial score (nSPS) is 15.5. The summed E-state index contributed by atoms with van der Waals surface area (Å²) in [6.07, 6.45) is -0.856. The summed E-state index contributed by atoms with van der Waals surface area (Å²) in [5.41, 5.74) is 0. The average molecular weight is 380 g/mol. The van der Waals surface area contributed by atoms with E-state index in [2.05, 4.69) is 20.8 Å². The standard InChI is InChI=1S/C15H16N4O4S2/c1-2-16-14-18-19-15(25-14)24-8-12(20)17-13(21)11-7-22-9-5-3-4-6-10(9)23-11/h3-6,11H,2,7-8H2,1H3,(H,16,18)(H,17,20,21)/t11-/m0/s1. The number of hydrogen-bond donors (Lipinski definition) is 2. The third-order valence-corrected chi connectivity index (χ3v) is 5.14. The van der Waals surface area contributed by atoms with E-state index in [1.165, 1.54) is 23.1 Å². The molecule has 10 heteroatoms. The molecule has 25 heavy (non-hydrogen) atoms. The van der Waals surface area contributed by atoms with Crippen molar-refractivity contribution < 1.29 is 19.1 Å². The van der Waals surface area contributed by atoms with Gasteiger partial charge in [-0.15, -0.1) is 10.2 Å². The lowest BCUT2D eigenvalue weighted by Crippen LogP contribution is -2.46. The number of hydrogen-bond acceptors (Lipinski definition) is 9. The highest BCUT2D eigenvalue weighted by molar-refractivity contribution is 8.01. The third-order valence-electron chi connectivity index (χ3n) is 3.12. The number of anilines is 1. The summed E-state index contributed by atoms with van der Waals surface area (Å²) in [4.78, 5) is 24.1. The molecular weight excluding hydrogens is 364 g/mol. The number of thioether (sulfide) groups is 1. The SMILES string of the molecule is CCNc1nnc(SCC(=O)NC(=O)[C@@H]2COc3ccccc3O2)s1. The largest absolute Gasteiger partial charge is 0.485 e. The van der Waals surface area contributed by atoms with Crippen molar-refractivity contribution in [3.63, 3.8) is 0 Å². The molecule has 132 valence electrons. The Morgan fingerprint density at radius 3 is 2.92 bits per heavy atom. The first-order valence-electron chi connectivity index (χ1n) is 7.58. The lowest BCUT2D eigenvalue weighted by Gasteiger charge is -2.25. The Bertz CT molecular complexity index is 767. The van der Waals surface area contributed by atoms with E-state index in [1.54, 1.807) is 18.2 Å². The van der Waals surface area contributed by atoms with Crippen LogP contribution in [0.25, 0.3) is 0 Å². The Morgan fingerprint density at radius 1 is 1.32 bits per heavy atom. The molecule has 0 saturated carbocycles. The second-order valence-corrected chi connectivity index (χ2v) is 7.17. The zero-order chi connectivity index (χ0) is 17.6. The van der Waals surface area contributed by atoms with Gasteiger partial charge in [-0.1, -0.05) is 35.2 Å². The molecule has 0 fully saturated rings. The number of fused-ring (bicyclic) bond motifs is 1. The smallest absolute Gasteiger partial charge is 0.271 e. The van der Waals surface area contributed by atoms with Crippen molar-refractivity contribution >= 4 is 40.0 Å². The number of imide groups is 1. The highest BCUT2D eigenvalue weighted by Crippen LogP contribution is 2.31. The van der Waals surface area contributed by atoms with Crippen LogP contribution in [0.4, 0.5) is 5.13 Å². The van der Waals surface area contributed by atoms with Crippen molar-refractivity contribution in [3.8, 4) is 11.5 Å². The maximum Gasteiger partial charge on any atom is 0.271 e. The van der Waals surface area contributed by atoms with Gasteiger partial charge in [0.05, 0.1) is 5.75 Å². The van der Waals surface area contributed by atoms with E-state index in [4.69, 9.17) is 9.47 Å². The van der Waals surface area contributed by atoms with E-state index < -0.39 is 17.9 Å². The number of benzene rings is 1. The minimum atomic E-state index is -0.856. The second-order valence-electron chi connectivity index (χ2n) is 4.97. The fourth-order valence-corrected chi connectivity index (χ4v) is 3.64. The molecular formula is C15H16N4O4S2. The predicted octanol–water partition coefficient (Wildman–Crippen LogP) is 1.54. The molecule has 0 spiro atoms. The maximum atomic E-state index is 12.1. The van der Waals surface area contributed by atoms with Crippen molar-refractivity contribution in [2.24, 2.45) is 0 Å². The number of amides is 2. The molecule has 0 radical (unpaired) electrons. The number of nitrogens with zero attached hydrogens (tertiary/aromatic N) is 2. The fourth-order valence-electron chi connectivity index (χ4n) is 2.02. The van der Waals surface area contributed by atoms with E-state index in [9.17, 15) is 9.59 Å². The summed E-state index contributed by atoms with van der Waals surface area (Å²) in [6, 6.07) is 7.07. The molecule has 0 unspecified atom stereocenters. The maximum absolute atomic E-state index is 12.1. The van der Waals surface area contributed by atoms with Crippen LogP contribution in [0.15, 0.2) is 28.6 Å². The van der Waals surface area contributed by atoms with E-state index in [-0.39, 0.29) is 12.4 Å². The van der Waals surface area contributed by atoms with Crippen LogP contribution in [0.2, 0.25) is 0 Å². The van der Waals surface area contributed by atoms with Gasteiger partial charge in [-0.05, 0) is 19.1 Å². The first-order chi connectivity index (χ1) is 12.2. The van der Waals surface area contributed by atoms with Crippen molar-refractivity contribution in [1.29, 1.82) is 0 Å². The van der Waals surface area contributed by atoms with E-state index in [0.717, 1.165) is 6.54 Å². The number of aromatic nitrogens is 2. The van der Waals surface area contributed by atoms with Gasteiger partial charge < -0.3 is 14.8 Å². The van der Waals surface area contributed by atoms with Crippen LogP contribution in [0.3, 0.4) is 0 Å². The molecule has 2 N–H and O–H groups in total. The Hall–Kier alpha value is -2.33. The highest BCUT2D eigenvalue weighted by atomic mass is 32.2. The molecule has 2 aromatic rings. The van der Waals surface area contributed by atoms with Crippen molar-refractivity contribution in [3.05, 3.63) is 24.3 Å². The fraction of sp³-hybridized carbons (Fsp3) is 0.333. The van der Waals surface area contributed by atoms with Crippen molar-refractivity contribution in [2.45, 2.75) is 17.4 Å². The number of carbonyl (C=O) groups is 2. The number of rotatable bonds is 6. The van der Waals surface area contributed by atoms with E-state index >= 15 is 0 Å². The minimum Gasteiger partial charge on any atom is -0.485 e. The van der Waals surface area contributed by atoms with Crippen LogP contribution in [0.5, 0.6) is 11.5 Å². The zero-order valence-corrected chi connectivity index (χ0v) is 15.0. The van der Waals surface area contributed by atoms with Crippen molar-refractivity contribution in [2.75, 3.05) is 24.2 Å². The lowest BCUT2D eigenvalue weighted by molar-refractivity contribution is -0.135. The summed E-state index contributed by atoms with van der Waals surface area (Å²) in [7, 11) is 0. The molecule has 2 amide bonds. The quantitative estimate of drug-likeness (QED) is 0.728. The van der Waals surface area contributed by atoms with Gasteiger partial charge in [-0.25, -0.2) is 0 Å². The average Bonchev–Trinajstić information content (AvgIpc) is 3.07. The molecule has 1 aliphatic heterocycles. The predicted molar refractivity (Wildman–Crippen MR) is 94.3 cm³/mol. The third kappa shape index (κ3) is 4.60. The molecule has 0 aliphatic carbocycles. The molecule has 3 rings (SSSR count). The number of nitrogens with one attached hydrogen (secondary N) is 2. The van der Waals surface area contributed by atoms with E-state index in [0.29, 0.717) is 21.0 Å². The molecule has 1 aliphatic rings. The Morgan fingerprint density at radius 2 is 2.12 bits per heavy atom. The first-order valence-corrected chi connectivity index (χ1v) is 9.38. The molecule has 0 bridgehead atoms. The van der Waals surface area contributed by atoms with Crippen LogP contribution in [-0.2, 0) is 9.59 Å². The summed E-state index contributed by atoms with van der Waals surface area (Å²) in [5.74, 6) is 0.196. The molecule has 0 saturated heterocycles. The molecule has 2 heterocycles. The Labute approximate surface area is 152 Å². The van der Waals surface area contributed by atoms with Crippen molar-refractivity contribution in [1.82, 2.24) is 15.5 Å². The van der Waals surface area contributed by atoms with Gasteiger partial charge in [0, 0.05) is 6.54 Å². The molecule has 1 atom stereocenters. The zero-order valence-electron chi connectivity index (χ0n) is 13.4. The van der Waals surface area contributed by atoms with Gasteiger partial charge in [-0.2, -0.15) is 0 Å². The topological polar surface area (TPSA) is 102 Å². The van der Waals surface area contributed by atoms with E-state index in [1.807, 2.05) is 13.0 Å². The summed E-state index contributed by atoms with van der Waals surface area (Å²) in [6.45, 7) is 2.77. The minimum absolute atomic E-state index is 0.0612. The van der Waals surface area contributed by atoms with Gasteiger partial charge in [0.2, 0.25) is 17.1 Å². The molecule has 1 aromatic carbocycles. The highest BCUT2D eigenvalue weighted by Gasteiger charge is 2.28. The van der Waals surface area contributed by atoms with Gasteiger partial charge in [0.25, 0.3) is 5.91 Å². The Kier molecular flexibility index (Phi) is 5.71. The van der Waals surface area contributed by atoms with Crippen LogP contribution < -0.4 is 20.1 Å². The summed E-state index contributed by atoms with van der Waals surface area (Å²) in [5, 5.41) is 14.0. The van der Waals surface area contributed by atoms with Gasteiger partial charge in [0.15, 0.2) is 15.8 Å². The molecule has 8 nitrogen and oxygen atoms in total. The second kappa shape index (κ2) is 8.17. The van der Waals surface area contributed by atoms with Crippen LogP contribution in [-0.4, -0.2) is 47.0 Å².